The molecule has 0 bridgehead atoms. The van der Waals surface area contributed by atoms with Gasteiger partial charge in [0.15, 0.2) is 0 Å². The molecule has 0 aliphatic rings. The molecule has 0 unspecified atom stereocenters. The second kappa shape index (κ2) is 6.18. The molecular weight excluding hydrogens is 264 g/mol. The fraction of sp³-hybridized carbons (Fsp3) is 0.0909. The minimum absolute atomic E-state index is 0.0984. The van der Waals surface area contributed by atoms with E-state index in [0.717, 1.165) is 0 Å². The van der Waals surface area contributed by atoms with E-state index >= 15 is 0 Å². The van der Waals surface area contributed by atoms with Crippen molar-refractivity contribution in [1.82, 2.24) is 25.6 Å². The second-order valence-corrected chi connectivity index (χ2v) is 3.71. The molecule has 0 saturated carbocycles. The third-order valence-electron chi connectivity index (χ3n) is 2.20. The number of H-pyrrole nitrogens is 2. The highest BCUT2D eigenvalue weighted by atomic mass is 16.2. The summed E-state index contributed by atoms with van der Waals surface area (Å²) < 4.78 is 0. The highest BCUT2D eigenvalue weighted by Crippen LogP contribution is 1.90. The van der Waals surface area contributed by atoms with Crippen LogP contribution < -0.4 is 16.7 Å². The molecule has 0 fully saturated rings. The van der Waals surface area contributed by atoms with Crippen molar-refractivity contribution in [1.29, 1.82) is 0 Å². The standard InChI is InChI=1S/C11H10N6O3/c18-9(4-8-10(19)14-11(20)17-15-8)16-13-6-7-2-1-3-12-5-7/h1-3,5-6H,4H2,(H,16,18)(H2,14,17,19,20)/b13-6-. The summed E-state index contributed by atoms with van der Waals surface area (Å²) in [5.41, 5.74) is 1.42. The lowest BCUT2D eigenvalue weighted by atomic mass is 10.3. The Balaban J connectivity index is 1.94. The Morgan fingerprint density at radius 1 is 1.45 bits per heavy atom. The molecule has 9 heteroatoms. The molecule has 2 aromatic heterocycles. The Hall–Kier alpha value is -3.10. The maximum Gasteiger partial charge on any atom is 0.342 e. The van der Waals surface area contributed by atoms with Gasteiger partial charge in [-0.3, -0.25) is 19.6 Å². The van der Waals surface area contributed by atoms with Crippen LogP contribution >= 0.6 is 0 Å². The molecule has 0 aromatic carbocycles. The monoisotopic (exact) mass is 274 g/mol. The molecule has 2 rings (SSSR count). The van der Waals surface area contributed by atoms with Gasteiger partial charge < -0.3 is 0 Å². The number of hydrazone groups is 1. The summed E-state index contributed by atoms with van der Waals surface area (Å²) in [5.74, 6) is -0.532. The molecule has 0 saturated heterocycles. The summed E-state index contributed by atoms with van der Waals surface area (Å²) in [6.45, 7) is 0. The van der Waals surface area contributed by atoms with Gasteiger partial charge in [0.1, 0.15) is 5.69 Å². The SMILES string of the molecule is O=C(Cc1n[nH]c(=O)[nH]c1=O)N/N=C\c1cccnc1. The van der Waals surface area contributed by atoms with Gasteiger partial charge in [-0.05, 0) is 6.07 Å². The Morgan fingerprint density at radius 2 is 2.30 bits per heavy atom. The first kappa shape index (κ1) is 13.3. The lowest BCUT2D eigenvalue weighted by Gasteiger charge is -1.98. The van der Waals surface area contributed by atoms with E-state index in [2.05, 4.69) is 20.6 Å². The maximum absolute atomic E-state index is 11.5. The first-order valence-corrected chi connectivity index (χ1v) is 5.55. The van der Waals surface area contributed by atoms with Crippen molar-refractivity contribution in [2.45, 2.75) is 6.42 Å². The first-order chi connectivity index (χ1) is 9.65. The van der Waals surface area contributed by atoms with Crippen molar-refractivity contribution in [3.8, 4) is 0 Å². The van der Waals surface area contributed by atoms with Crippen LogP contribution in [0.25, 0.3) is 0 Å². The molecule has 2 heterocycles. The molecule has 2 aromatic rings. The zero-order valence-corrected chi connectivity index (χ0v) is 10.2. The summed E-state index contributed by atoms with van der Waals surface area (Å²) in [6, 6.07) is 3.49. The van der Waals surface area contributed by atoms with Crippen LogP contribution in [0.15, 0.2) is 39.2 Å². The third-order valence-corrected chi connectivity index (χ3v) is 2.20. The van der Waals surface area contributed by atoms with E-state index in [1.165, 1.54) is 6.21 Å². The lowest BCUT2D eigenvalue weighted by Crippen LogP contribution is -2.31. The Morgan fingerprint density at radius 3 is 3.00 bits per heavy atom. The van der Waals surface area contributed by atoms with Gasteiger partial charge in [0.05, 0.1) is 12.6 Å². The molecule has 9 nitrogen and oxygen atoms in total. The van der Waals surface area contributed by atoms with E-state index in [1.807, 2.05) is 10.1 Å². The van der Waals surface area contributed by atoms with Crippen molar-refractivity contribution in [3.05, 3.63) is 56.6 Å². The number of nitrogens with zero attached hydrogens (tertiary/aromatic N) is 3. The number of pyridine rings is 1. The quantitative estimate of drug-likeness (QED) is 0.463. The number of carbonyl (C=O) groups is 1. The van der Waals surface area contributed by atoms with Gasteiger partial charge in [-0.15, -0.1) is 0 Å². The minimum Gasteiger partial charge on any atom is -0.273 e. The van der Waals surface area contributed by atoms with Crippen LogP contribution in [0, 0.1) is 0 Å². The number of rotatable bonds is 4. The molecule has 0 spiro atoms. The topological polar surface area (TPSA) is 133 Å². The smallest absolute Gasteiger partial charge is 0.273 e. The van der Waals surface area contributed by atoms with Gasteiger partial charge in [0.25, 0.3) is 5.56 Å². The molecule has 20 heavy (non-hydrogen) atoms. The van der Waals surface area contributed by atoms with Crippen LogP contribution in [0.2, 0.25) is 0 Å². The van der Waals surface area contributed by atoms with Crippen LogP contribution in [0.5, 0.6) is 0 Å². The molecule has 0 atom stereocenters. The average molecular weight is 274 g/mol. The number of amides is 1. The van der Waals surface area contributed by atoms with Crippen LogP contribution in [0.1, 0.15) is 11.3 Å². The summed E-state index contributed by atoms with van der Waals surface area (Å²) in [6.07, 6.45) is 4.31. The molecule has 3 N–H and O–H groups in total. The first-order valence-electron chi connectivity index (χ1n) is 5.55. The van der Waals surface area contributed by atoms with Gasteiger partial charge in [-0.2, -0.15) is 10.2 Å². The zero-order valence-electron chi connectivity index (χ0n) is 10.2. The van der Waals surface area contributed by atoms with E-state index in [4.69, 9.17) is 0 Å². The van der Waals surface area contributed by atoms with E-state index in [9.17, 15) is 14.4 Å². The lowest BCUT2D eigenvalue weighted by molar-refractivity contribution is -0.120. The van der Waals surface area contributed by atoms with Crippen LogP contribution in [-0.2, 0) is 11.2 Å². The van der Waals surface area contributed by atoms with Crippen molar-refractivity contribution < 1.29 is 4.79 Å². The van der Waals surface area contributed by atoms with Gasteiger partial charge in [0, 0.05) is 18.0 Å². The molecular formula is C11H10N6O3. The van der Waals surface area contributed by atoms with Crippen molar-refractivity contribution in [2.24, 2.45) is 5.10 Å². The zero-order chi connectivity index (χ0) is 14.4. The highest BCUT2D eigenvalue weighted by molar-refractivity contribution is 5.82. The van der Waals surface area contributed by atoms with Crippen molar-refractivity contribution in [2.75, 3.05) is 0 Å². The summed E-state index contributed by atoms with van der Waals surface area (Å²) in [5, 5.41) is 9.23. The largest absolute Gasteiger partial charge is 0.342 e. The van der Waals surface area contributed by atoms with Crippen molar-refractivity contribution >= 4 is 12.1 Å². The van der Waals surface area contributed by atoms with Gasteiger partial charge >= 0.3 is 5.69 Å². The van der Waals surface area contributed by atoms with E-state index in [-0.39, 0.29) is 12.1 Å². The molecule has 102 valence electrons. The van der Waals surface area contributed by atoms with Crippen LogP contribution in [-0.4, -0.2) is 32.3 Å². The molecule has 0 aliphatic heterocycles. The predicted molar refractivity (Wildman–Crippen MR) is 69.2 cm³/mol. The average Bonchev–Trinajstić information content (AvgIpc) is 2.43. The number of nitrogens with one attached hydrogen (secondary N) is 3. The Bertz CT molecular complexity index is 734. The highest BCUT2D eigenvalue weighted by Gasteiger charge is 2.08. The normalized spacial score (nSPS) is 10.6. The number of hydrogen-bond donors (Lipinski definition) is 3. The third kappa shape index (κ3) is 3.70. The molecule has 0 radical (unpaired) electrons. The maximum atomic E-state index is 11.5. The second-order valence-electron chi connectivity index (χ2n) is 3.71. The van der Waals surface area contributed by atoms with Gasteiger partial charge in [0.2, 0.25) is 5.91 Å². The minimum atomic E-state index is -0.728. The number of hydrogen-bond acceptors (Lipinski definition) is 6. The number of aromatic nitrogens is 4. The molecule has 0 aliphatic carbocycles. The fourth-order valence-corrected chi connectivity index (χ4v) is 1.31. The Labute approximate surface area is 111 Å². The van der Waals surface area contributed by atoms with Gasteiger partial charge in [-0.1, -0.05) is 6.07 Å². The number of carbonyl (C=O) groups excluding carboxylic acids is 1. The summed E-state index contributed by atoms with van der Waals surface area (Å²) in [7, 11) is 0. The van der Waals surface area contributed by atoms with E-state index in [0.29, 0.717) is 5.56 Å². The summed E-state index contributed by atoms with van der Waals surface area (Å²) >= 11 is 0. The van der Waals surface area contributed by atoms with Crippen molar-refractivity contribution in [3.63, 3.8) is 0 Å². The molecule has 1 amide bonds. The van der Waals surface area contributed by atoms with Crippen LogP contribution in [0.3, 0.4) is 0 Å². The van der Waals surface area contributed by atoms with Crippen LogP contribution in [0.4, 0.5) is 0 Å². The van der Waals surface area contributed by atoms with E-state index < -0.39 is 17.2 Å². The van der Waals surface area contributed by atoms with E-state index in [1.54, 1.807) is 24.5 Å². The predicted octanol–water partition coefficient (Wildman–Crippen LogP) is -1.45. The van der Waals surface area contributed by atoms with Gasteiger partial charge in [-0.25, -0.2) is 15.3 Å². The summed E-state index contributed by atoms with van der Waals surface area (Å²) in [4.78, 5) is 39.4. The number of aromatic amines is 2. The Kier molecular flexibility index (Phi) is 4.12. The fourth-order valence-electron chi connectivity index (χ4n) is 1.31.